The third-order valence-electron chi connectivity index (χ3n) is 5.97. The van der Waals surface area contributed by atoms with E-state index in [0.717, 1.165) is 6.42 Å². The van der Waals surface area contributed by atoms with Crippen LogP contribution in [0.4, 0.5) is 0 Å². The molecule has 0 aromatic heterocycles. The predicted octanol–water partition coefficient (Wildman–Crippen LogP) is 9.69. The van der Waals surface area contributed by atoms with E-state index in [1.807, 2.05) is 6.08 Å². The Morgan fingerprint density at radius 3 is 0.966 bits per heavy atom. The quantitative estimate of drug-likeness (QED) is 0.118. The van der Waals surface area contributed by atoms with E-state index < -0.39 is 0 Å². The summed E-state index contributed by atoms with van der Waals surface area (Å²) in [7, 11) is 0. The average Bonchev–Trinajstić information content (AvgIpc) is 2.74. The van der Waals surface area contributed by atoms with Gasteiger partial charge in [-0.05, 0) is 44.9 Å². The predicted molar refractivity (Wildman–Crippen MR) is 133 cm³/mol. The van der Waals surface area contributed by atoms with Crippen LogP contribution in [0.15, 0.2) is 24.8 Å². The van der Waals surface area contributed by atoms with Crippen LogP contribution in [0.1, 0.15) is 148 Å². The molecule has 0 radical (unpaired) electrons. The van der Waals surface area contributed by atoms with Crippen molar-refractivity contribution in [1.29, 1.82) is 0 Å². The van der Waals surface area contributed by atoms with Gasteiger partial charge >= 0.3 is 0 Å². The van der Waals surface area contributed by atoms with E-state index in [1.54, 1.807) is 0 Å². The summed E-state index contributed by atoms with van der Waals surface area (Å²) in [6, 6.07) is 0. The third kappa shape index (κ3) is 27.4. The van der Waals surface area contributed by atoms with Crippen LogP contribution in [0.5, 0.6) is 0 Å². The molecule has 1 heteroatoms. The number of aliphatic hydroxyl groups is 1. The molecule has 29 heavy (non-hydrogen) atoms. The zero-order valence-corrected chi connectivity index (χ0v) is 19.9. The van der Waals surface area contributed by atoms with Crippen LogP contribution in [0.25, 0.3) is 0 Å². The van der Waals surface area contributed by atoms with E-state index in [-0.39, 0.29) is 0 Å². The first kappa shape index (κ1) is 28.4. The maximum absolute atomic E-state index is 8.74. The molecule has 0 saturated heterocycles. The van der Waals surface area contributed by atoms with E-state index in [9.17, 15) is 0 Å². The van der Waals surface area contributed by atoms with Gasteiger partial charge in [0, 0.05) is 6.61 Å². The second-order valence-electron chi connectivity index (χ2n) is 8.92. The van der Waals surface area contributed by atoms with Gasteiger partial charge in [-0.2, -0.15) is 0 Å². The van der Waals surface area contributed by atoms with Crippen LogP contribution in [0.3, 0.4) is 0 Å². The highest BCUT2D eigenvalue weighted by molar-refractivity contribution is 4.81. The second kappa shape index (κ2) is 27.4. The molecule has 0 unspecified atom stereocenters. The average molecular weight is 407 g/mol. The lowest BCUT2D eigenvalue weighted by Gasteiger charge is -2.03. The maximum Gasteiger partial charge on any atom is 0.0431 e. The zero-order valence-electron chi connectivity index (χ0n) is 19.9. The standard InChI is InChI=1S/C28H54O/c1-2-3-4-5-6-7-8-9-10-11-12-13-14-15-16-17-18-19-20-21-22-23-24-25-26-27-28-29/h2,19-20,29H,1,3-18,21-28H2/b20-19-. The summed E-state index contributed by atoms with van der Waals surface area (Å²) in [4.78, 5) is 0. The van der Waals surface area contributed by atoms with Gasteiger partial charge in [-0.3, -0.25) is 0 Å². The number of hydrogen-bond acceptors (Lipinski definition) is 1. The summed E-state index contributed by atoms with van der Waals surface area (Å²) in [5.74, 6) is 0. The van der Waals surface area contributed by atoms with E-state index in [2.05, 4.69) is 18.7 Å². The van der Waals surface area contributed by atoms with E-state index in [4.69, 9.17) is 5.11 Å². The monoisotopic (exact) mass is 406 g/mol. The normalized spacial score (nSPS) is 11.5. The molecule has 0 aromatic carbocycles. The number of aliphatic hydroxyl groups excluding tert-OH is 1. The molecule has 0 aliphatic heterocycles. The van der Waals surface area contributed by atoms with E-state index in [0.29, 0.717) is 6.61 Å². The van der Waals surface area contributed by atoms with Gasteiger partial charge in [0.25, 0.3) is 0 Å². The Morgan fingerprint density at radius 1 is 0.379 bits per heavy atom. The summed E-state index contributed by atoms with van der Waals surface area (Å²) in [5.41, 5.74) is 0. The van der Waals surface area contributed by atoms with Crippen LogP contribution in [-0.4, -0.2) is 11.7 Å². The molecule has 0 saturated carbocycles. The van der Waals surface area contributed by atoms with Crippen molar-refractivity contribution in [1.82, 2.24) is 0 Å². The second-order valence-corrected chi connectivity index (χ2v) is 8.92. The van der Waals surface area contributed by atoms with E-state index in [1.165, 1.54) is 141 Å². The Bertz CT molecular complexity index is 320. The van der Waals surface area contributed by atoms with Crippen molar-refractivity contribution in [3.63, 3.8) is 0 Å². The van der Waals surface area contributed by atoms with Crippen LogP contribution in [-0.2, 0) is 0 Å². The summed E-state index contributed by atoms with van der Waals surface area (Å²) >= 11 is 0. The van der Waals surface area contributed by atoms with Gasteiger partial charge in [0.15, 0.2) is 0 Å². The van der Waals surface area contributed by atoms with Crippen LogP contribution in [0.2, 0.25) is 0 Å². The Kier molecular flexibility index (Phi) is 26.9. The van der Waals surface area contributed by atoms with E-state index >= 15 is 0 Å². The maximum atomic E-state index is 8.74. The topological polar surface area (TPSA) is 20.2 Å². The number of unbranched alkanes of at least 4 members (excludes halogenated alkanes) is 21. The van der Waals surface area contributed by atoms with Crippen LogP contribution >= 0.6 is 0 Å². The number of allylic oxidation sites excluding steroid dienone is 3. The highest BCUT2D eigenvalue weighted by Crippen LogP contribution is 2.14. The van der Waals surface area contributed by atoms with Crippen molar-refractivity contribution in [3.8, 4) is 0 Å². The van der Waals surface area contributed by atoms with Gasteiger partial charge in [-0.15, -0.1) is 6.58 Å². The molecule has 0 heterocycles. The van der Waals surface area contributed by atoms with Gasteiger partial charge < -0.3 is 5.11 Å². The molecule has 1 N–H and O–H groups in total. The minimum atomic E-state index is 0.361. The molecule has 0 atom stereocenters. The molecule has 0 fully saturated rings. The smallest absolute Gasteiger partial charge is 0.0431 e. The molecular formula is C28H54O. The molecule has 0 aliphatic rings. The zero-order chi connectivity index (χ0) is 21.1. The lowest BCUT2D eigenvalue weighted by atomic mass is 10.0. The minimum Gasteiger partial charge on any atom is -0.396 e. The molecule has 0 rings (SSSR count). The lowest BCUT2D eigenvalue weighted by molar-refractivity contribution is 0.282. The minimum absolute atomic E-state index is 0.361. The Morgan fingerprint density at radius 2 is 0.655 bits per heavy atom. The fourth-order valence-corrected chi connectivity index (χ4v) is 3.99. The molecule has 0 bridgehead atoms. The first-order valence-electron chi connectivity index (χ1n) is 13.3. The fraction of sp³-hybridized carbons (Fsp3) is 0.857. The highest BCUT2D eigenvalue weighted by atomic mass is 16.2. The first-order valence-corrected chi connectivity index (χ1v) is 13.3. The Labute approximate surface area is 184 Å². The first-order chi connectivity index (χ1) is 14.4. The van der Waals surface area contributed by atoms with Gasteiger partial charge in [0.1, 0.15) is 0 Å². The van der Waals surface area contributed by atoms with Crippen molar-refractivity contribution >= 4 is 0 Å². The SMILES string of the molecule is C=CCCCCCCCCCCCCCCCC/C=C\CCCCCCCCO. The lowest BCUT2D eigenvalue weighted by Crippen LogP contribution is -1.83. The highest BCUT2D eigenvalue weighted by Gasteiger charge is 1.94. The number of rotatable bonds is 25. The summed E-state index contributed by atoms with van der Waals surface area (Å²) in [6.45, 7) is 4.14. The van der Waals surface area contributed by atoms with Crippen LogP contribution < -0.4 is 0 Å². The molecular weight excluding hydrogens is 352 g/mol. The molecule has 172 valence electrons. The van der Waals surface area contributed by atoms with Gasteiger partial charge in [0.2, 0.25) is 0 Å². The molecule has 1 nitrogen and oxygen atoms in total. The van der Waals surface area contributed by atoms with Gasteiger partial charge in [-0.25, -0.2) is 0 Å². The molecule has 0 aromatic rings. The molecule has 0 spiro atoms. The molecule has 0 aliphatic carbocycles. The van der Waals surface area contributed by atoms with Gasteiger partial charge in [-0.1, -0.05) is 121 Å². The Balaban J connectivity index is 3.05. The van der Waals surface area contributed by atoms with Crippen LogP contribution in [0, 0.1) is 0 Å². The molecule has 0 amide bonds. The third-order valence-corrected chi connectivity index (χ3v) is 5.97. The van der Waals surface area contributed by atoms with Crippen molar-refractivity contribution in [2.24, 2.45) is 0 Å². The fourth-order valence-electron chi connectivity index (χ4n) is 3.99. The largest absolute Gasteiger partial charge is 0.396 e. The summed E-state index contributed by atoms with van der Waals surface area (Å²) < 4.78 is 0. The van der Waals surface area contributed by atoms with Crippen molar-refractivity contribution in [2.45, 2.75) is 148 Å². The summed E-state index contributed by atoms with van der Waals surface area (Å²) in [6.07, 6.45) is 38.1. The van der Waals surface area contributed by atoms with Crippen molar-refractivity contribution in [2.75, 3.05) is 6.61 Å². The number of hydrogen-bond donors (Lipinski definition) is 1. The van der Waals surface area contributed by atoms with Crippen molar-refractivity contribution < 1.29 is 5.11 Å². The van der Waals surface area contributed by atoms with Crippen molar-refractivity contribution in [3.05, 3.63) is 24.8 Å². The summed E-state index contributed by atoms with van der Waals surface area (Å²) in [5, 5.41) is 8.74. The Hall–Kier alpha value is -0.560. The van der Waals surface area contributed by atoms with Gasteiger partial charge in [0.05, 0.1) is 0 Å².